The summed E-state index contributed by atoms with van der Waals surface area (Å²) in [5.74, 6) is 0.0102. The molecule has 0 aliphatic carbocycles. The zero-order valence-electron chi connectivity index (χ0n) is 15.4. The Hall–Kier alpha value is -2.66. The maximum atomic E-state index is 13.3. The highest BCUT2D eigenvalue weighted by Crippen LogP contribution is 2.36. The number of amides is 1. The van der Waals surface area contributed by atoms with Gasteiger partial charge in [-0.1, -0.05) is 18.2 Å². The highest BCUT2D eigenvalue weighted by atomic mass is 16.2. The Morgan fingerprint density at radius 2 is 2.00 bits per heavy atom. The van der Waals surface area contributed by atoms with E-state index in [1.807, 2.05) is 58.2 Å². The predicted octanol–water partition coefficient (Wildman–Crippen LogP) is 4.06. The molecule has 0 spiro atoms. The van der Waals surface area contributed by atoms with Crippen LogP contribution in [-0.2, 0) is 0 Å². The molecule has 134 valence electrons. The number of carbonyl (C=O) groups is 1. The van der Waals surface area contributed by atoms with E-state index in [1.165, 1.54) is 0 Å². The molecule has 2 aromatic carbocycles. The van der Waals surface area contributed by atoms with E-state index in [0.29, 0.717) is 5.56 Å². The third-order valence-electron chi connectivity index (χ3n) is 5.18. The number of hydrogen-bond donors (Lipinski definition) is 1. The second-order valence-corrected chi connectivity index (χ2v) is 7.38. The summed E-state index contributed by atoms with van der Waals surface area (Å²) in [5.41, 5.74) is 9.97. The lowest BCUT2D eigenvalue weighted by Crippen LogP contribution is -2.44. The van der Waals surface area contributed by atoms with Gasteiger partial charge in [0.2, 0.25) is 0 Å². The molecule has 1 amide bonds. The number of nitrogens with zero attached hydrogens (tertiary/aromatic N) is 3. The van der Waals surface area contributed by atoms with Gasteiger partial charge in [0.05, 0.1) is 11.7 Å². The largest absolute Gasteiger partial charge is 0.324 e. The van der Waals surface area contributed by atoms with Crippen LogP contribution in [0.1, 0.15) is 55.2 Å². The van der Waals surface area contributed by atoms with E-state index in [9.17, 15) is 4.79 Å². The van der Waals surface area contributed by atoms with Crippen molar-refractivity contribution in [3.8, 4) is 0 Å². The maximum absolute atomic E-state index is 13.3. The molecule has 2 N–H and O–H groups in total. The van der Waals surface area contributed by atoms with Crippen LogP contribution < -0.4 is 10.6 Å². The van der Waals surface area contributed by atoms with E-state index >= 15 is 0 Å². The lowest BCUT2D eigenvalue weighted by Gasteiger charge is -2.38. The normalized spacial score (nSPS) is 19.8. The average molecular weight is 348 g/mol. The summed E-state index contributed by atoms with van der Waals surface area (Å²) in [6.07, 6.45) is 2.59. The minimum Gasteiger partial charge on any atom is -0.324 e. The van der Waals surface area contributed by atoms with Crippen molar-refractivity contribution >= 4 is 22.5 Å². The van der Waals surface area contributed by atoms with E-state index in [0.717, 1.165) is 28.6 Å². The Kier molecular flexibility index (Phi) is 4.04. The molecule has 0 saturated carbocycles. The molecule has 0 bridgehead atoms. The second-order valence-electron chi connectivity index (χ2n) is 7.38. The fourth-order valence-electron chi connectivity index (χ4n) is 3.90. The van der Waals surface area contributed by atoms with Crippen LogP contribution in [0.2, 0.25) is 0 Å². The fraction of sp³-hybridized carbons (Fsp3) is 0.333. The van der Waals surface area contributed by atoms with Crippen molar-refractivity contribution in [1.82, 2.24) is 9.78 Å². The summed E-state index contributed by atoms with van der Waals surface area (Å²) in [6.45, 7) is 6.26. The molecule has 4 rings (SSSR count). The molecule has 1 aliphatic heterocycles. The molecule has 2 heterocycles. The van der Waals surface area contributed by atoms with Crippen molar-refractivity contribution in [3.05, 3.63) is 59.8 Å². The molecule has 1 aromatic heterocycles. The van der Waals surface area contributed by atoms with Crippen LogP contribution in [0.25, 0.3) is 10.9 Å². The van der Waals surface area contributed by atoms with Crippen LogP contribution in [0.15, 0.2) is 48.7 Å². The zero-order valence-corrected chi connectivity index (χ0v) is 15.4. The third kappa shape index (κ3) is 2.59. The SMILES string of the molecule is CC1CC(N)c2ccccc2N1C(=O)c1ccc2c(cnn2C(C)C)c1. The minimum atomic E-state index is -0.0306. The second kappa shape index (κ2) is 6.25. The molecular weight excluding hydrogens is 324 g/mol. The summed E-state index contributed by atoms with van der Waals surface area (Å²) in [6, 6.07) is 14.1. The standard InChI is InChI=1S/C21H24N4O/c1-13(2)25-19-9-8-15(11-16(19)12-23-25)21(26)24-14(3)10-18(22)17-6-4-5-7-20(17)24/h4-9,11-14,18H,10,22H2,1-3H3. The third-order valence-corrected chi connectivity index (χ3v) is 5.18. The minimum absolute atomic E-state index is 0.0102. The number of anilines is 1. The van der Waals surface area contributed by atoms with Crippen molar-refractivity contribution in [1.29, 1.82) is 0 Å². The molecular formula is C21H24N4O. The van der Waals surface area contributed by atoms with Gasteiger partial charge in [-0.05, 0) is 57.0 Å². The van der Waals surface area contributed by atoms with Gasteiger partial charge in [0.15, 0.2) is 0 Å². The van der Waals surface area contributed by atoms with E-state index in [1.54, 1.807) is 0 Å². The molecule has 26 heavy (non-hydrogen) atoms. The highest BCUT2D eigenvalue weighted by molar-refractivity contribution is 6.08. The fourth-order valence-corrected chi connectivity index (χ4v) is 3.90. The number of fused-ring (bicyclic) bond motifs is 2. The molecule has 1 aliphatic rings. The Bertz CT molecular complexity index is 975. The lowest BCUT2D eigenvalue weighted by atomic mass is 9.91. The van der Waals surface area contributed by atoms with E-state index < -0.39 is 0 Å². The summed E-state index contributed by atoms with van der Waals surface area (Å²) in [7, 11) is 0. The topological polar surface area (TPSA) is 64.2 Å². The Balaban J connectivity index is 1.76. The summed E-state index contributed by atoms with van der Waals surface area (Å²) < 4.78 is 1.97. The molecule has 0 fully saturated rings. The summed E-state index contributed by atoms with van der Waals surface area (Å²) in [4.78, 5) is 15.2. The molecule has 3 aromatic rings. The first kappa shape index (κ1) is 16.8. The average Bonchev–Trinajstić information content (AvgIpc) is 3.05. The number of benzene rings is 2. The van der Waals surface area contributed by atoms with Gasteiger partial charge >= 0.3 is 0 Å². The van der Waals surface area contributed by atoms with Gasteiger partial charge in [0.1, 0.15) is 0 Å². The maximum Gasteiger partial charge on any atom is 0.258 e. The lowest BCUT2D eigenvalue weighted by molar-refractivity contribution is 0.0974. The quantitative estimate of drug-likeness (QED) is 0.760. The van der Waals surface area contributed by atoms with Crippen molar-refractivity contribution in [2.75, 3.05) is 4.90 Å². The first-order valence-electron chi connectivity index (χ1n) is 9.12. The van der Waals surface area contributed by atoms with Crippen molar-refractivity contribution in [2.24, 2.45) is 5.73 Å². The number of rotatable bonds is 2. The van der Waals surface area contributed by atoms with Gasteiger partial charge in [-0.3, -0.25) is 9.48 Å². The first-order valence-corrected chi connectivity index (χ1v) is 9.12. The van der Waals surface area contributed by atoms with E-state index in [-0.39, 0.29) is 24.0 Å². The molecule has 5 nitrogen and oxygen atoms in total. The van der Waals surface area contributed by atoms with E-state index in [4.69, 9.17) is 5.73 Å². The molecule has 2 unspecified atom stereocenters. The molecule has 2 atom stereocenters. The molecule has 5 heteroatoms. The van der Waals surface area contributed by atoms with Gasteiger partial charge in [-0.2, -0.15) is 5.10 Å². The van der Waals surface area contributed by atoms with Gasteiger partial charge in [-0.25, -0.2) is 0 Å². The van der Waals surface area contributed by atoms with Crippen LogP contribution in [-0.4, -0.2) is 21.7 Å². The first-order chi connectivity index (χ1) is 12.5. The number of carbonyl (C=O) groups excluding carboxylic acids is 1. The predicted molar refractivity (Wildman–Crippen MR) is 104 cm³/mol. The van der Waals surface area contributed by atoms with Crippen molar-refractivity contribution in [3.63, 3.8) is 0 Å². The van der Waals surface area contributed by atoms with Gasteiger partial charge in [0.25, 0.3) is 5.91 Å². The number of hydrogen-bond acceptors (Lipinski definition) is 3. The van der Waals surface area contributed by atoms with Gasteiger partial charge in [0, 0.05) is 34.8 Å². The van der Waals surface area contributed by atoms with Crippen molar-refractivity contribution < 1.29 is 4.79 Å². The Morgan fingerprint density at radius 1 is 1.23 bits per heavy atom. The molecule has 0 radical (unpaired) electrons. The van der Waals surface area contributed by atoms with E-state index in [2.05, 4.69) is 25.9 Å². The Labute approximate surface area is 153 Å². The van der Waals surface area contributed by atoms with Crippen LogP contribution in [0.5, 0.6) is 0 Å². The summed E-state index contributed by atoms with van der Waals surface area (Å²) >= 11 is 0. The smallest absolute Gasteiger partial charge is 0.258 e. The Morgan fingerprint density at radius 3 is 2.77 bits per heavy atom. The van der Waals surface area contributed by atoms with Gasteiger partial charge < -0.3 is 10.6 Å². The van der Waals surface area contributed by atoms with Crippen LogP contribution in [0.4, 0.5) is 5.69 Å². The van der Waals surface area contributed by atoms with Crippen LogP contribution in [0, 0.1) is 0 Å². The zero-order chi connectivity index (χ0) is 18.4. The molecule has 0 saturated heterocycles. The highest BCUT2D eigenvalue weighted by Gasteiger charge is 2.32. The van der Waals surface area contributed by atoms with Crippen molar-refractivity contribution in [2.45, 2.75) is 45.3 Å². The van der Waals surface area contributed by atoms with Crippen LogP contribution in [0.3, 0.4) is 0 Å². The van der Waals surface area contributed by atoms with Crippen LogP contribution >= 0.6 is 0 Å². The number of nitrogens with two attached hydrogens (primary N) is 1. The number of aromatic nitrogens is 2. The van der Waals surface area contributed by atoms with Gasteiger partial charge in [-0.15, -0.1) is 0 Å². The number of para-hydroxylation sites is 1. The summed E-state index contributed by atoms with van der Waals surface area (Å²) in [5, 5.41) is 5.43. The monoisotopic (exact) mass is 348 g/mol.